The number of esters is 1. The molecule has 6 nitrogen and oxygen atoms in total. The van der Waals surface area contributed by atoms with Gasteiger partial charge in [-0.1, -0.05) is 24.3 Å². The van der Waals surface area contributed by atoms with Crippen molar-refractivity contribution in [1.29, 1.82) is 0 Å². The van der Waals surface area contributed by atoms with Crippen molar-refractivity contribution in [2.75, 3.05) is 7.11 Å². The van der Waals surface area contributed by atoms with Crippen molar-refractivity contribution < 1.29 is 19.1 Å². The van der Waals surface area contributed by atoms with Crippen LogP contribution in [0.2, 0.25) is 0 Å². The summed E-state index contributed by atoms with van der Waals surface area (Å²) in [4.78, 5) is 35.0. The molecule has 104 valence electrons. The largest absolute Gasteiger partial charge is 0.469 e. The molecule has 3 rings (SSSR count). The third kappa shape index (κ3) is 1.84. The van der Waals surface area contributed by atoms with E-state index in [0.29, 0.717) is 6.42 Å². The van der Waals surface area contributed by atoms with Crippen LogP contribution in [0, 0.1) is 0 Å². The molecule has 2 N–H and O–H groups in total. The van der Waals surface area contributed by atoms with Crippen LogP contribution < -0.4 is 10.6 Å². The molecule has 3 unspecified atom stereocenters. The summed E-state index contributed by atoms with van der Waals surface area (Å²) < 4.78 is 4.82. The van der Waals surface area contributed by atoms with Crippen LogP contribution in [-0.4, -0.2) is 31.1 Å². The lowest BCUT2D eigenvalue weighted by Gasteiger charge is -2.16. The molecule has 1 aromatic rings. The van der Waals surface area contributed by atoms with E-state index in [-0.39, 0.29) is 23.7 Å². The topological polar surface area (TPSA) is 84.5 Å². The first-order valence-electron chi connectivity index (χ1n) is 6.40. The third-order valence-corrected chi connectivity index (χ3v) is 3.95. The number of hydrogen-bond acceptors (Lipinski definition) is 4. The van der Waals surface area contributed by atoms with Crippen molar-refractivity contribution in [1.82, 2.24) is 10.6 Å². The van der Waals surface area contributed by atoms with Crippen LogP contribution >= 0.6 is 0 Å². The number of amides is 3. The first-order chi connectivity index (χ1) is 9.61. The highest BCUT2D eigenvalue weighted by molar-refractivity contribution is 6.04. The molecule has 6 heteroatoms. The fraction of sp³-hybridized carbons (Fsp3) is 0.357. The van der Waals surface area contributed by atoms with Gasteiger partial charge in [-0.2, -0.15) is 0 Å². The number of carbonyl (C=O) groups is 3. The first kappa shape index (κ1) is 12.7. The molecule has 1 fully saturated rings. The second-order valence-corrected chi connectivity index (χ2v) is 4.99. The van der Waals surface area contributed by atoms with E-state index in [2.05, 4.69) is 10.6 Å². The molecule has 0 bridgehead atoms. The van der Waals surface area contributed by atoms with E-state index in [9.17, 15) is 14.4 Å². The molecular formula is C14H14N2O4. The number of methoxy groups -OCH3 is 1. The van der Waals surface area contributed by atoms with Crippen molar-refractivity contribution in [3.05, 3.63) is 35.4 Å². The summed E-state index contributed by atoms with van der Waals surface area (Å²) in [6, 6.07) is 6.36. The highest BCUT2D eigenvalue weighted by Crippen LogP contribution is 2.44. The molecule has 3 atom stereocenters. The summed E-state index contributed by atoms with van der Waals surface area (Å²) >= 11 is 0. The van der Waals surface area contributed by atoms with E-state index >= 15 is 0 Å². The maximum Gasteiger partial charge on any atom is 0.322 e. The minimum absolute atomic E-state index is 0.207. The van der Waals surface area contributed by atoms with Crippen molar-refractivity contribution in [2.24, 2.45) is 0 Å². The lowest BCUT2D eigenvalue weighted by atomic mass is 9.93. The quantitative estimate of drug-likeness (QED) is 0.612. The van der Waals surface area contributed by atoms with Crippen LogP contribution in [0.25, 0.3) is 0 Å². The summed E-state index contributed by atoms with van der Waals surface area (Å²) in [6.07, 6.45) is 0.463. The Morgan fingerprint density at radius 1 is 1.25 bits per heavy atom. The smallest absolute Gasteiger partial charge is 0.322 e. The van der Waals surface area contributed by atoms with Gasteiger partial charge in [0.05, 0.1) is 13.0 Å². The van der Waals surface area contributed by atoms with Crippen molar-refractivity contribution in [3.63, 3.8) is 0 Å². The number of imide groups is 1. The van der Waals surface area contributed by atoms with Crippen LogP contribution in [-0.2, 0) is 14.3 Å². The fourth-order valence-corrected chi connectivity index (χ4v) is 3.07. The fourth-order valence-electron chi connectivity index (χ4n) is 3.07. The molecule has 1 heterocycles. The molecule has 0 spiro atoms. The lowest BCUT2D eigenvalue weighted by molar-refractivity contribution is -0.142. The minimum Gasteiger partial charge on any atom is -0.469 e. The normalized spacial score (nSPS) is 27.8. The number of rotatable bonds is 2. The van der Waals surface area contributed by atoms with Crippen LogP contribution in [0.3, 0.4) is 0 Å². The Morgan fingerprint density at radius 3 is 2.55 bits per heavy atom. The SMILES string of the molecule is COC(=O)C1CC(C2NC(=O)NC2=O)c2ccccc21. The maximum absolute atomic E-state index is 11.9. The number of benzene rings is 1. The van der Waals surface area contributed by atoms with Gasteiger partial charge in [-0.25, -0.2) is 4.79 Å². The Balaban J connectivity index is 1.97. The maximum atomic E-state index is 11.9. The zero-order chi connectivity index (χ0) is 14.3. The van der Waals surface area contributed by atoms with Crippen molar-refractivity contribution in [3.8, 4) is 0 Å². The lowest BCUT2D eigenvalue weighted by Crippen LogP contribution is -2.34. The van der Waals surface area contributed by atoms with E-state index in [0.717, 1.165) is 11.1 Å². The number of nitrogens with one attached hydrogen (secondary N) is 2. The summed E-state index contributed by atoms with van der Waals surface area (Å²) in [5.41, 5.74) is 1.79. The zero-order valence-corrected chi connectivity index (χ0v) is 10.9. The number of ether oxygens (including phenoxy) is 1. The van der Waals surface area contributed by atoms with Gasteiger partial charge in [-0.05, 0) is 17.5 Å². The molecule has 0 aromatic heterocycles. The predicted octanol–water partition coefficient (Wildman–Crippen LogP) is 0.638. The van der Waals surface area contributed by atoms with Gasteiger partial charge in [0, 0.05) is 5.92 Å². The summed E-state index contributed by atoms with van der Waals surface area (Å²) in [7, 11) is 1.35. The Bertz CT molecular complexity index is 599. The van der Waals surface area contributed by atoms with E-state index < -0.39 is 12.1 Å². The number of carbonyl (C=O) groups excluding carboxylic acids is 3. The highest BCUT2D eigenvalue weighted by Gasteiger charge is 2.45. The Kier molecular flexibility index (Phi) is 2.93. The van der Waals surface area contributed by atoms with Crippen LogP contribution in [0.15, 0.2) is 24.3 Å². The molecule has 1 aromatic carbocycles. The molecular weight excluding hydrogens is 260 g/mol. The molecule has 2 aliphatic rings. The van der Waals surface area contributed by atoms with Gasteiger partial charge >= 0.3 is 12.0 Å². The third-order valence-electron chi connectivity index (χ3n) is 3.95. The van der Waals surface area contributed by atoms with Gasteiger partial charge in [0.25, 0.3) is 5.91 Å². The van der Waals surface area contributed by atoms with Gasteiger partial charge < -0.3 is 10.1 Å². The summed E-state index contributed by atoms with van der Waals surface area (Å²) in [5, 5.41) is 4.84. The standard InChI is InChI=1S/C14H14N2O4/c1-20-13(18)10-6-9(7-4-2-3-5-8(7)10)11-12(17)16-14(19)15-11/h2-5,9-11H,6H2,1H3,(H2,15,16,17,19). The van der Waals surface area contributed by atoms with E-state index in [1.54, 1.807) is 0 Å². The van der Waals surface area contributed by atoms with Gasteiger partial charge in [0.1, 0.15) is 6.04 Å². The summed E-state index contributed by atoms with van der Waals surface area (Å²) in [6.45, 7) is 0. The van der Waals surface area contributed by atoms with Crippen molar-refractivity contribution >= 4 is 17.9 Å². The first-order valence-corrected chi connectivity index (χ1v) is 6.40. The van der Waals surface area contributed by atoms with Crippen LogP contribution in [0.5, 0.6) is 0 Å². The average Bonchev–Trinajstić information content (AvgIpc) is 2.98. The molecule has 0 radical (unpaired) electrons. The van der Waals surface area contributed by atoms with Gasteiger partial charge in [-0.15, -0.1) is 0 Å². The molecule has 3 amide bonds. The molecule has 1 aliphatic carbocycles. The van der Waals surface area contributed by atoms with Crippen LogP contribution in [0.1, 0.15) is 29.4 Å². The van der Waals surface area contributed by atoms with E-state index in [1.165, 1.54) is 7.11 Å². The molecule has 20 heavy (non-hydrogen) atoms. The monoisotopic (exact) mass is 274 g/mol. The van der Waals surface area contributed by atoms with Gasteiger partial charge in [0.15, 0.2) is 0 Å². The highest BCUT2D eigenvalue weighted by atomic mass is 16.5. The predicted molar refractivity (Wildman–Crippen MR) is 69.0 cm³/mol. The second kappa shape index (κ2) is 4.63. The Labute approximate surface area is 115 Å². The molecule has 1 saturated heterocycles. The average molecular weight is 274 g/mol. The molecule has 1 aliphatic heterocycles. The summed E-state index contributed by atoms with van der Waals surface area (Å²) in [5.74, 6) is -1.25. The Hall–Kier alpha value is -2.37. The number of urea groups is 1. The van der Waals surface area contributed by atoms with Gasteiger partial charge in [-0.3, -0.25) is 14.9 Å². The number of fused-ring (bicyclic) bond motifs is 1. The van der Waals surface area contributed by atoms with Crippen molar-refractivity contribution in [2.45, 2.75) is 24.3 Å². The van der Waals surface area contributed by atoms with Gasteiger partial charge in [0.2, 0.25) is 0 Å². The Morgan fingerprint density at radius 2 is 1.95 bits per heavy atom. The van der Waals surface area contributed by atoms with E-state index in [4.69, 9.17) is 4.74 Å². The number of hydrogen-bond donors (Lipinski definition) is 2. The second-order valence-electron chi connectivity index (χ2n) is 4.99. The van der Waals surface area contributed by atoms with E-state index in [1.807, 2.05) is 24.3 Å². The minimum atomic E-state index is -0.627. The zero-order valence-electron chi connectivity index (χ0n) is 10.9. The molecule has 0 saturated carbocycles. The van der Waals surface area contributed by atoms with Crippen LogP contribution in [0.4, 0.5) is 4.79 Å².